The Balaban J connectivity index is 1.50. The second-order valence-electron chi connectivity index (χ2n) is 7.25. The van der Waals surface area contributed by atoms with Crippen LogP contribution in [0.3, 0.4) is 0 Å². The quantitative estimate of drug-likeness (QED) is 0.777. The normalized spacial score (nSPS) is 18.9. The Bertz CT molecular complexity index is 927. The van der Waals surface area contributed by atoms with E-state index < -0.39 is 10.0 Å². The van der Waals surface area contributed by atoms with E-state index in [9.17, 15) is 13.2 Å². The van der Waals surface area contributed by atoms with Crippen molar-refractivity contribution in [3.05, 3.63) is 30.2 Å². The van der Waals surface area contributed by atoms with Gasteiger partial charge in [0.05, 0.1) is 4.90 Å². The summed E-state index contributed by atoms with van der Waals surface area (Å²) in [4.78, 5) is 14.4. The van der Waals surface area contributed by atoms with Gasteiger partial charge in [0.2, 0.25) is 15.9 Å². The molecule has 2 aliphatic heterocycles. The van der Waals surface area contributed by atoms with Crippen molar-refractivity contribution in [1.29, 1.82) is 0 Å². The highest BCUT2D eigenvalue weighted by Crippen LogP contribution is 2.24. The molecule has 3 heterocycles. The molecule has 0 saturated carbocycles. The van der Waals surface area contributed by atoms with Crippen molar-refractivity contribution in [3.8, 4) is 11.5 Å². The third-order valence-electron chi connectivity index (χ3n) is 5.31. The summed E-state index contributed by atoms with van der Waals surface area (Å²) in [5.41, 5.74) is 0.586. The number of hydrogen-bond donors (Lipinski definition) is 0. The van der Waals surface area contributed by atoms with Gasteiger partial charge in [-0.25, -0.2) is 8.42 Å². The zero-order chi connectivity index (χ0) is 19.6. The second kappa shape index (κ2) is 8.00. The van der Waals surface area contributed by atoms with Crippen LogP contribution in [-0.4, -0.2) is 59.9 Å². The lowest BCUT2D eigenvalue weighted by Crippen LogP contribution is -2.35. The molecule has 150 valence electrons. The molecule has 0 bridgehead atoms. The summed E-state index contributed by atoms with van der Waals surface area (Å²) in [7, 11) is -3.48. The Hall–Kier alpha value is -2.26. The summed E-state index contributed by atoms with van der Waals surface area (Å²) in [6, 6.07) is 6.38. The van der Waals surface area contributed by atoms with Crippen molar-refractivity contribution >= 4 is 15.9 Å². The first-order valence-electron chi connectivity index (χ1n) is 9.79. The van der Waals surface area contributed by atoms with Crippen molar-refractivity contribution in [2.45, 2.75) is 43.4 Å². The van der Waals surface area contributed by atoms with Gasteiger partial charge in [0.25, 0.3) is 0 Å². The molecule has 2 fully saturated rings. The topological polar surface area (TPSA) is 96.6 Å². The van der Waals surface area contributed by atoms with Gasteiger partial charge in [-0.05, 0) is 56.4 Å². The maximum absolute atomic E-state index is 12.7. The molecule has 0 aliphatic carbocycles. The van der Waals surface area contributed by atoms with Crippen LogP contribution in [-0.2, 0) is 10.0 Å². The van der Waals surface area contributed by atoms with E-state index in [2.05, 4.69) is 10.2 Å². The molecular formula is C19H24N4O4S. The largest absolute Gasteiger partial charge is 0.412 e. The summed E-state index contributed by atoms with van der Waals surface area (Å²) in [5, 5.41) is 7.84. The number of amides is 1. The third kappa shape index (κ3) is 3.81. The van der Waals surface area contributed by atoms with Crippen molar-refractivity contribution in [1.82, 2.24) is 19.4 Å². The number of nitrogens with zero attached hydrogens (tertiary/aromatic N) is 4. The number of aromatic nitrogens is 2. The van der Waals surface area contributed by atoms with E-state index in [-0.39, 0.29) is 22.6 Å². The molecule has 0 N–H and O–H groups in total. The first-order valence-corrected chi connectivity index (χ1v) is 11.2. The summed E-state index contributed by atoms with van der Waals surface area (Å²) < 4.78 is 32.5. The Morgan fingerprint density at radius 1 is 0.857 bits per heavy atom. The van der Waals surface area contributed by atoms with Crippen LogP contribution in [0.15, 0.2) is 33.6 Å². The molecule has 0 unspecified atom stereocenters. The van der Waals surface area contributed by atoms with Gasteiger partial charge in [-0.2, -0.15) is 4.31 Å². The van der Waals surface area contributed by atoms with Gasteiger partial charge in [-0.3, -0.25) is 4.79 Å². The third-order valence-corrected chi connectivity index (χ3v) is 7.22. The summed E-state index contributed by atoms with van der Waals surface area (Å²) in [6.07, 6.45) is 5.96. The number of carbonyl (C=O) groups excluding carboxylic acids is 1. The predicted molar refractivity (Wildman–Crippen MR) is 102 cm³/mol. The Kier molecular flexibility index (Phi) is 5.45. The van der Waals surface area contributed by atoms with Gasteiger partial charge < -0.3 is 9.32 Å². The Morgan fingerprint density at radius 3 is 2.11 bits per heavy atom. The molecule has 8 nitrogen and oxygen atoms in total. The number of piperidine rings is 2. The predicted octanol–water partition coefficient (Wildman–Crippen LogP) is 2.54. The highest BCUT2D eigenvalue weighted by molar-refractivity contribution is 7.89. The van der Waals surface area contributed by atoms with Crippen LogP contribution < -0.4 is 0 Å². The average molecular weight is 404 g/mol. The summed E-state index contributed by atoms with van der Waals surface area (Å²) in [5.74, 6) is -0.0630. The summed E-state index contributed by atoms with van der Waals surface area (Å²) >= 11 is 0. The Morgan fingerprint density at radius 2 is 1.46 bits per heavy atom. The fraction of sp³-hybridized carbons (Fsp3) is 0.526. The molecule has 9 heteroatoms. The van der Waals surface area contributed by atoms with Gasteiger partial charge in [0, 0.05) is 31.7 Å². The zero-order valence-electron chi connectivity index (χ0n) is 15.7. The minimum Gasteiger partial charge on any atom is -0.412 e. The van der Waals surface area contributed by atoms with Crippen LogP contribution in [0.5, 0.6) is 0 Å². The van der Waals surface area contributed by atoms with Crippen molar-refractivity contribution in [2.75, 3.05) is 26.2 Å². The van der Waals surface area contributed by atoms with Gasteiger partial charge in [0.1, 0.15) is 0 Å². The molecule has 2 saturated heterocycles. The SMILES string of the molecule is O=C(c1nnc(-c2ccc(S(=O)(=O)N3CCCCC3)cc2)o1)N1CCCCC1. The molecular weight excluding hydrogens is 380 g/mol. The van der Waals surface area contributed by atoms with Gasteiger partial charge in [-0.15, -0.1) is 10.2 Å². The van der Waals surface area contributed by atoms with E-state index in [1.54, 1.807) is 29.2 Å². The van der Waals surface area contributed by atoms with E-state index in [1.807, 2.05) is 0 Å². The van der Waals surface area contributed by atoms with Gasteiger partial charge in [0.15, 0.2) is 0 Å². The standard InChI is InChI=1S/C19H24N4O4S/c24-19(22-11-3-1-4-12-22)18-21-20-17(27-18)15-7-9-16(10-8-15)28(25,26)23-13-5-2-6-14-23/h7-10H,1-6,11-14H2. The van der Waals surface area contributed by atoms with Crippen LogP contribution >= 0.6 is 0 Å². The van der Waals surface area contributed by atoms with Crippen molar-refractivity contribution < 1.29 is 17.6 Å². The van der Waals surface area contributed by atoms with Crippen LogP contribution in [0.2, 0.25) is 0 Å². The number of rotatable bonds is 4. The van der Waals surface area contributed by atoms with Crippen LogP contribution in [0, 0.1) is 0 Å². The van der Waals surface area contributed by atoms with Crippen LogP contribution in [0.25, 0.3) is 11.5 Å². The second-order valence-corrected chi connectivity index (χ2v) is 9.19. The smallest absolute Gasteiger partial charge is 0.311 e. The number of benzene rings is 1. The van der Waals surface area contributed by atoms with Crippen molar-refractivity contribution in [2.24, 2.45) is 0 Å². The van der Waals surface area contributed by atoms with Crippen LogP contribution in [0.1, 0.15) is 49.2 Å². The lowest BCUT2D eigenvalue weighted by molar-refractivity contribution is 0.0684. The molecule has 0 atom stereocenters. The van der Waals surface area contributed by atoms with E-state index in [4.69, 9.17) is 4.42 Å². The fourth-order valence-corrected chi connectivity index (χ4v) is 5.20. The molecule has 1 amide bonds. The maximum Gasteiger partial charge on any atom is 0.311 e. The van der Waals surface area contributed by atoms with E-state index in [0.717, 1.165) is 38.5 Å². The lowest BCUT2D eigenvalue weighted by atomic mass is 10.1. The average Bonchev–Trinajstić information content (AvgIpc) is 3.25. The number of sulfonamides is 1. The molecule has 0 spiro atoms. The zero-order valence-corrected chi connectivity index (χ0v) is 16.5. The molecule has 4 rings (SSSR count). The first-order chi connectivity index (χ1) is 13.6. The highest BCUT2D eigenvalue weighted by atomic mass is 32.2. The van der Waals surface area contributed by atoms with Crippen molar-refractivity contribution in [3.63, 3.8) is 0 Å². The van der Waals surface area contributed by atoms with Gasteiger partial charge >= 0.3 is 11.8 Å². The number of likely N-dealkylation sites (tertiary alicyclic amines) is 1. The first kappa shape index (κ1) is 19.1. The minimum absolute atomic E-state index is 0.0260. The van der Waals surface area contributed by atoms with Crippen LogP contribution in [0.4, 0.5) is 0 Å². The monoisotopic (exact) mass is 404 g/mol. The molecule has 1 aromatic heterocycles. The molecule has 2 aliphatic rings. The molecule has 0 radical (unpaired) electrons. The molecule has 1 aromatic carbocycles. The molecule has 28 heavy (non-hydrogen) atoms. The summed E-state index contributed by atoms with van der Waals surface area (Å²) in [6.45, 7) is 2.55. The van der Waals surface area contributed by atoms with E-state index >= 15 is 0 Å². The van der Waals surface area contributed by atoms with E-state index in [1.165, 1.54) is 4.31 Å². The Labute approximate surface area is 164 Å². The fourth-order valence-electron chi connectivity index (χ4n) is 3.68. The number of carbonyl (C=O) groups is 1. The van der Waals surface area contributed by atoms with E-state index in [0.29, 0.717) is 31.7 Å². The maximum atomic E-state index is 12.7. The number of hydrogen-bond acceptors (Lipinski definition) is 6. The minimum atomic E-state index is -3.48. The van der Waals surface area contributed by atoms with Gasteiger partial charge in [-0.1, -0.05) is 6.42 Å². The highest BCUT2D eigenvalue weighted by Gasteiger charge is 2.27. The molecule has 2 aromatic rings. The lowest BCUT2D eigenvalue weighted by Gasteiger charge is -2.25.